The summed E-state index contributed by atoms with van der Waals surface area (Å²) in [6, 6.07) is 66.0. The Morgan fingerprint density at radius 2 is 0.815 bits per heavy atom. The van der Waals surface area contributed by atoms with Gasteiger partial charge in [-0.05, 0) is 144 Å². The Bertz CT molecular complexity index is 2700. The SMILES string of the molecule is Cc1cc(-n2c3ccccc3c3ccccc32)c(C)cc1-c1cc(C)c(-c2ccc(N(c3ccccc3)c3ccc(-c4ccccc4)cc3)cc2)c(C)c1. The van der Waals surface area contributed by atoms with Crippen LogP contribution in [0.15, 0.2) is 182 Å². The smallest absolute Gasteiger partial charge is 0.0541 e. The Balaban J connectivity index is 1.05. The highest BCUT2D eigenvalue weighted by Gasteiger charge is 2.18. The lowest BCUT2D eigenvalue weighted by molar-refractivity contribution is 1.14. The van der Waals surface area contributed by atoms with Gasteiger partial charge in [0, 0.05) is 33.5 Å². The summed E-state index contributed by atoms with van der Waals surface area (Å²) in [4.78, 5) is 2.33. The first-order valence-electron chi connectivity index (χ1n) is 18.8. The van der Waals surface area contributed by atoms with Gasteiger partial charge < -0.3 is 9.47 Å². The minimum Gasteiger partial charge on any atom is -0.311 e. The molecular formula is C52H42N2. The van der Waals surface area contributed by atoms with Crippen LogP contribution in [-0.2, 0) is 0 Å². The molecule has 0 amide bonds. The molecule has 0 saturated carbocycles. The lowest BCUT2D eigenvalue weighted by Gasteiger charge is -2.26. The van der Waals surface area contributed by atoms with Crippen LogP contribution in [0.25, 0.3) is 60.9 Å². The van der Waals surface area contributed by atoms with E-state index in [4.69, 9.17) is 0 Å². The standard InChI is InChI=1S/C52H42N2/c1-35-34-51(54-49-21-13-11-19-46(49)47-20-12-14-22-50(47)54)36(2)33-48(35)42-31-37(3)52(38(4)32-42)41-25-29-45(30-26-41)53(43-17-9-6-10-18-43)44-27-23-40(24-28-44)39-15-7-5-8-16-39/h5-34H,1-4H3. The van der Waals surface area contributed by atoms with Gasteiger partial charge in [-0.2, -0.15) is 0 Å². The fourth-order valence-corrected chi connectivity index (χ4v) is 8.34. The lowest BCUT2D eigenvalue weighted by Crippen LogP contribution is -2.09. The lowest BCUT2D eigenvalue weighted by atomic mass is 9.89. The third-order valence-electron chi connectivity index (χ3n) is 10.9. The Hall–Kier alpha value is -6.64. The van der Waals surface area contributed by atoms with Crippen LogP contribution in [0.1, 0.15) is 22.3 Å². The second-order valence-corrected chi connectivity index (χ2v) is 14.4. The number of para-hydroxylation sites is 3. The van der Waals surface area contributed by atoms with E-state index >= 15 is 0 Å². The molecule has 0 aliphatic carbocycles. The third-order valence-corrected chi connectivity index (χ3v) is 10.9. The van der Waals surface area contributed by atoms with Gasteiger partial charge in [0.25, 0.3) is 0 Å². The highest BCUT2D eigenvalue weighted by Crippen LogP contribution is 2.40. The zero-order chi connectivity index (χ0) is 36.8. The molecule has 0 saturated heterocycles. The first-order chi connectivity index (χ1) is 26.4. The summed E-state index contributed by atoms with van der Waals surface area (Å²) in [6.45, 7) is 8.99. The molecule has 1 heterocycles. The molecule has 2 nitrogen and oxygen atoms in total. The average molecular weight is 695 g/mol. The van der Waals surface area contributed by atoms with E-state index in [0.717, 1.165) is 17.1 Å². The fraction of sp³-hybridized carbons (Fsp3) is 0.0769. The zero-order valence-corrected chi connectivity index (χ0v) is 31.2. The predicted octanol–water partition coefficient (Wildman–Crippen LogP) is 14.5. The summed E-state index contributed by atoms with van der Waals surface area (Å²) in [7, 11) is 0. The van der Waals surface area contributed by atoms with Crippen molar-refractivity contribution in [1.29, 1.82) is 0 Å². The number of benzene rings is 8. The second kappa shape index (κ2) is 13.7. The Labute approximate surface area is 318 Å². The number of anilines is 3. The van der Waals surface area contributed by atoms with E-state index in [1.807, 2.05) is 0 Å². The van der Waals surface area contributed by atoms with Crippen LogP contribution in [0, 0.1) is 27.7 Å². The van der Waals surface area contributed by atoms with Crippen molar-refractivity contribution in [3.8, 4) is 39.1 Å². The molecule has 9 rings (SSSR count). The Morgan fingerprint density at radius 3 is 1.39 bits per heavy atom. The van der Waals surface area contributed by atoms with Crippen molar-refractivity contribution in [2.75, 3.05) is 4.90 Å². The molecule has 0 unspecified atom stereocenters. The maximum atomic E-state index is 2.43. The van der Waals surface area contributed by atoms with E-state index in [-0.39, 0.29) is 0 Å². The third kappa shape index (κ3) is 5.87. The van der Waals surface area contributed by atoms with E-state index < -0.39 is 0 Å². The van der Waals surface area contributed by atoms with E-state index in [1.165, 1.54) is 83.1 Å². The molecule has 54 heavy (non-hydrogen) atoms. The van der Waals surface area contributed by atoms with Crippen LogP contribution in [-0.4, -0.2) is 4.57 Å². The summed E-state index contributed by atoms with van der Waals surface area (Å²) in [5.41, 5.74) is 19.7. The van der Waals surface area contributed by atoms with Gasteiger partial charge in [0.05, 0.1) is 11.0 Å². The molecule has 0 fully saturated rings. The van der Waals surface area contributed by atoms with Crippen LogP contribution in [0.3, 0.4) is 0 Å². The number of hydrogen-bond donors (Lipinski definition) is 0. The molecule has 0 spiro atoms. The van der Waals surface area contributed by atoms with Gasteiger partial charge in [-0.15, -0.1) is 0 Å². The van der Waals surface area contributed by atoms with Gasteiger partial charge in [0.1, 0.15) is 0 Å². The molecule has 0 aliphatic heterocycles. The number of aromatic nitrogens is 1. The average Bonchev–Trinajstić information content (AvgIpc) is 3.54. The quantitative estimate of drug-likeness (QED) is 0.161. The molecule has 0 N–H and O–H groups in total. The van der Waals surface area contributed by atoms with Gasteiger partial charge in [0.2, 0.25) is 0 Å². The number of nitrogens with zero attached hydrogens (tertiary/aromatic N) is 2. The van der Waals surface area contributed by atoms with Crippen molar-refractivity contribution >= 4 is 38.9 Å². The van der Waals surface area contributed by atoms with Crippen LogP contribution in [0.2, 0.25) is 0 Å². The van der Waals surface area contributed by atoms with Gasteiger partial charge >= 0.3 is 0 Å². The zero-order valence-electron chi connectivity index (χ0n) is 31.2. The van der Waals surface area contributed by atoms with Crippen LogP contribution >= 0.6 is 0 Å². The summed E-state index contributed by atoms with van der Waals surface area (Å²) < 4.78 is 2.43. The van der Waals surface area contributed by atoms with Gasteiger partial charge in [-0.25, -0.2) is 0 Å². The number of rotatable bonds is 7. The first kappa shape index (κ1) is 33.2. The molecule has 2 heteroatoms. The summed E-state index contributed by atoms with van der Waals surface area (Å²) in [5.74, 6) is 0. The van der Waals surface area contributed by atoms with Crippen LogP contribution < -0.4 is 4.90 Å². The van der Waals surface area contributed by atoms with Gasteiger partial charge in [0.15, 0.2) is 0 Å². The van der Waals surface area contributed by atoms with Crippen molar-refractivity contribution in [3.05, 3.63) is 204 Å². The molecule has 9 aromatic rings. The Kier molecular flexibility index (Phi) is 8.44. The molecule has 0 bridgehead atoms. The number of aryl methyl sites for hydroxylation is 4. The molecule has 8 aromatic carbocycles. The molecular weight excluding hydrogens is 653 g/mol. The van der Waals surface area contributed by atoms with Gasteiger partial charge in [-0.3, -0.25) is 0 Å². The van der Waals surface area contributed by atoms with Crippen molar-refractivity contribution in [1.82, 2.24) is 4.57 Å². The normalized spacial score (nSPS) is 11.3. The van der Waals surface area contributed by atoms with Gasteiger partial charge in [-0.1, -0.05) is 121 Å². The second-order valence-electron chi connectivity index (χ2n) is 14.4. The molecule has 260 valence electrons. The largest absolute Gasteiger partial charge is 0.311 e. The van der Waals surface area contributed by atoms with E-state index in [1.54, 1.807) is 0 Å². The molecule has 1 aromatic heterocycles. The molecule has 0 aliphatic rings. The van der Waals surface area contributed by atoms with Crippen molar-refractivity contribution in [2.24, 2.45) is 0 Å². The van der Waals surface area contributed by atoms with Crippen molar-refractivity contribution < 1.29 is 0 Å². The maximum absolute atomic E-state index is 2.43. The fourth-order valence-electron chi connectivity index (χ4n) is 8.34. The first-order valence-corrected chi connectivity index (χ1v) is 18.8. The monoisotopic (exact) mass is 694 g/mol. The highest BCUT2D eigenvalue weighted by atomic mass is 15.1. The van der Waals surface area contributed by atoms with Crippen molar-refractivity contribution in [3.63, 3.8) is 0 Å². The summed E-state index contributed by atoms with van der Waals surface area (Å²) in [6.07, 6.45) is 0. The molecule has 0 radical (unpaired) electrons. The van der Waals surface area contributed by atoms with Crippen LogP contribution in [0.5, 0.6) is 0 Å². The van der Waals surface area contributed by atoms with E-state index in [9.17, 15) is 0 Å². The van der Waals surface area contributed by atoms with E-state index in [0.29, 0.717) is 0 Å². The number of fused-ring (bicyclic) bond motifs is 3. The highest BCUT2D eigenvalue weighted by molar-refractivity contribution is 6.09. The predicted molar refractivity (Wildman–Crippen MR) is 231 cm³/mol. The van der Waals surface area contributed by atoms with Crippen molar-refractivity contribution in [2.45, 2.75) is 27.7 Å². The summed E-state index contributed by atoms with van der Waals surface area (Å²) >= 11 is 0. The minimum atomic E-state index is 1.12. The van der Waals surface area contributed by atoms with E-state index in [2.05, 4.69) is 219 Å². The van der Waals surface area contributed by atoms with Crippen LogP contribution in [0.4, 0.5) is 17.1 Å². The summed E-state index contributed by atoms with van der Waals surface area (Å²) in [5, 5.41) is 2.57. The molecule has 0 atom stereocenters. The Morgan fingerprint density at radius 1 is 0.352 bits per heavy atom. The topological polar surface area (TPSA) is 8.17 Å². The number of hydrogen-bond acceptors (Lipinski definition) is 1. The minimum absolute atomic E-state index is 1.12. The maximum Gasteiger partial charge on any atom is 0.0541 e.